The quantitative estimate of drug-likeness (QED) is 0.535. The molecule has 2 aliphatic heterocycles. The summed E-state index contributed by atoms with van der Waals surface area (Å²) in [4.78, 5) is 36.7. The Kier molecular flexibility index (Phi) is 7.75. The standard InChI is InChI=1S/C26H33F3N6O3/c27-26(28,29)23-22(38-25(33-23)35-11-2-1-3-12-35)24(37)32-19-7-8-20(30-16-19)34-13-9-17(10-14-34)15-21(36)31-18-5-4-6-18/h7-8,16-18H,1-6,9-15H2,(H,31,36)(H,32,37). The number of hydrogen-bond acceptors (Lipinski definition) is 7. The van der Waals surface area contributed by atoms with Crippen LogP contribution in [0.3, 0.4) is 0 Å². The summed E-state index contributed by atoms with van der Waals surface area (Å²) in [5.41, 5.74) is -1.07. The number of amides is 2. The Bertz CT molecular complexity index is 1120. The van der Waals surface area contributed by atoms with Gasteiger partial charge in [0, 0.05) is 38.6 Å². The highest BCUT2D eigenvalue weighted by molar-refractivity contribution is 6.03. The molecular weight excluding hydrogens is 501 g/mol. The minimum atomic E-state index is -4.82. The number of pyridine rings is 1. The maximum absolute atomic E-state index is 13.6. The van der Waals surface area contributed by atoms with Crippen molar-refractivity contribution in [3.8, 4) is 0 Å². The number of nitrogens with one attached hydrogen (secondary N) is 2. The van der Waals surface area contributed by atoms with Crippen molar-refractivity contribution in [2.45, 2.75) is 70.0 Å². The molecule has 0 aromatic carbocycles. The molecule has 0 radical (unpaired) electrons. The van der Waals surface area contributed by atoms with E-state index in [0.717, 1.165) is 58.0 Å². The summed E-state index contributed by atoms with van der Waals surface area (Å²) in [5, 5.41) is 5.55. The van der Waals surface area contributed by atoms with Crippen LogP contribution in [0.15, 0.2) is 22.7 Å². The highest BCUT2D eigenvalue weighted by Gasteiger charge is 2.42. The fraction of sp³-hybridized carbons (Fsp3) is 0.615. The normalized spacial score (nSPS) is 19.2. The molecule has 12 heteroatoms. The molecule has 2 N–H and O–H groups in total. The van der Waals surface area contributed by atoms with Gasteiger partial charge in [-0.15, -0.1) is 0 Å². The van der Waals surface area contributed by atoms with Crippen LogP contribution in [0.2, 0.25) is 0 Å². The Balaban J connectivity index is 1.17. The summed E-state index contributed by atoms with van der Waals surface area (Å²) >= 11 is 0. The molecule has 2 aromatic rings. The first-order chi connectivity index (χ1) is 18.3. The maximum atomic E-state index is 13.6. The van der Waals surface area contributed by atoms with Crippen molar-refractivity contribution in [2.24, 2.45) is 5.92 Å². The molecule has 2 aromatic heterocycles. The van der Waals surface area contributed by atoms with E-state index in [1.807, 2.05) is 0 Å². The molecule has 3 fully saturated rings. The van der Waals surface area contributed by atoms with Gasteiger partial charge in [-0.05, 0) is 69.4 Å². The van der Waals surface area contributed by atoms with Crippen molar-refractivity contribution in [1.82, 2.24) is 15.3 Å². The molecule has 1 saturated carbocycles. The second kappa shape index (κ2) is 11.2. The molecule has 2 saturated heterocycles. The average Bonchev–Trinajstić information content (AvgIpc) is 3.35. The fourth-order valence-electron chi connectivity index (χ4n) is 5.18. The number of anilines is 3. The molecule has 0 atom stereocenters. The zero-order valence-electron chi connectivity index (χ0n) is 21.2. The van der Waals surface area contributed by atoms with Gasteiger partial charge in [0.2, 0.25) is 11.7 Å². The molecule has 0 bridgehead atoms. The van der Waals surface area contributed by atoms with E-state index in [1.54, 1.807) is 17.0 Å². The summed E-state index contributed by atoms with van der Waals surface area (Å²) in [5.74, 6) is -0.697. The van der Waals surface area contributed by atoms with Crippen LogP contribution in [0.1, 0.15) is 74.0 Å². The summed E-state index contributed by atoms with van der Waals surface area (Å²) in [7, 11) is 0. The predicted octanol–water partition coefficient (Wildman–Crippen LogP) is 4.61. The van der Waals surface area contributed by atoms with Crippen LogP contribution in [0.5, 0.6) is 0 Å². The van der Waals surface area contributed by atoms with E-state index in [1.165, 1.54) is 12.6 Å². The van der Waals surface area contributed by atoms with E-state index < -0.39 is 23.5 Å². The molecule has 3 aliphatic rings. The minimum absolute atomic E-state index is 0.134. The summed E-state index contributed by atoms with van der Waals surface area (Å²) in [6, 6.07) is 3.50. The first-order valence-corrected chi connectivity index (χ1v) is 13.4. The van der Waals surface area contributed by atoms with E-state index in [2.05, 4.69) is 25.5 Å². The Morgan fingerprint density at radius 3 is 2.32 bits per heavy atom. The molecular formula is C26H33F3N6O3. The summed E-state index contributed by atoms with van der Waals surface area (Å²) in [6.45, 7) is 2.59. The van der Waals surface area contributed by atoms with E-state index in [9.17, 15) is 22.8 Å². The smallest absolute Gasteiger partial charge is 0.417 e. The average molecular weight is 535 g/mol. The molecule has 1 aliphatic carbocycles. The maximum Gasteiger partial charge on any atom is 0.437 e. The lowest BCUT2D eigenvalue weighted by atomic mass is 9.90. The molecule has 0 unspecified atom stereocenters. The van der Waals surface area contributed by atoms with Crippen molar-refractivity contribution in [2.75, 3.05) is 41.3 Å². The molecule has 0 spiro atoms. The Morgan fingerprint density at radius 2 is 1.71 bits per heavy atom. The van der Waals surface area contributed by atoms with Crippen LogP contribution < -0.4 is 20.4 Å². The van der Waals surface area contributed by atoms with Gasteiger partial charge >= 0.3 is 6.18 Å². The van der Waals surface area contributed by atoms with Gasteiger partial charge in [0.1, 0.15) is 5.82 Å². The van der Waals surface area contributed by atoms with Gasteiger partial charge < -0.3 is 24.9 Å². The van der Waals surface area contributed by atoms with Gasteiger partial charge in [0.25, 0.3) is 11.9 Å². The number of halogens is 3. The lowest BCUT2D eigenvalue weighted by molar-refractivity contribution is -0.141. The minimum Gasteiger partial charge on any atom is -0.417 e. The molecule has 206 valence electrons. The molecule has 9 nitrogen and oxygen atoms in total. The highest BCUT2D eigenvalue weighted by atomic mass is 19.4. The first kappa shape index (κ1) is 26.3. The zero-order chi connectivity index (χ0) is 26.7. The van der Waals surface area contributed by atoms with E-state index in [4.69, 9.17) is 4.42 Å². The number of carbonyl (C=O) groups excluding carboxylic acids is 2. The van der Waals surface area contributed by atoms with Gasteiger partial charge in [0.15, 0.2) is 5.69 Å². The van der Waals surface area contributed by atoms with Crippen LogP contribution in [0.25, 0.3) is 0 Å². The molecule has 5 rings (SSSR count). The number of rotatable bonds is 7. The van der Waals surface area contributed by atoms with Crippen LogP contribution in [0.4, 0.5) is 30.7 Å². The predicted molar refractivity (Wildman–Crippen MR) is 135 cm³/mol. The van der Waals surface area contributed by atoms with Gasteiger partial charge in [-0.2, -0.15) is 18.2 Å². The number of carbonyl (C=O) groups is 2. The van der Waals surface area contributed by atoms with Crippen molar-refractivity contribution >= 4 is 29.3 Å². The molecule has 4 heterocycles. The number of oxazole rings is 1. The van der Waals surface area contributed by atoms with Gasteiger partial charge in [-0.1, -0.05) is 0 Å². The van der Waals surface area contributed by atoms with Crippen molar-refractivity contribution in [1.29, 1.82) is 0 Å². The SMILES string of the molecule is O=C(CC1CCN(c2ccc(NC(=O)c3oc(N4CCCCC4)nc3C(F)(F)F)cn2)CC1)NC1CCC1. The third-order valence-electron chi connectivity index (χ3n) is 7.61. The Hall–Kier alpha value is -3.31. The first-order valence-electron chi connectivity index (χ1n) is 13.4. The molecule has 2 amide bonds. The Labute approximate surface area is 219 Å². The van der Waals surface area contributed by atoms with Crippen LogP contribution in [-0.2, 0) is 11.0 Å². The Morgan fingerprint density at radius 1 is 0.974 bits per heavy atom. The monoisotopic (exact) mass is 534 g/mol. The van der Waals surface area contributed by atoms with E-state index >= 15 is 0 Å². The van der Waals surface area contributed by atoms with Gasteiger partial charge in [-0.3, -0.25) is 9.59 Å². The van der Waals surface area contributed by atoms with Crippen molar-refractivity contribution in [3.05, 3.63) is 29.8 Å². The van der Waals surface area contributed by atoms with Gasteiger partial charge in [0.05, 0.1) is 11.9 Å². The van der Waals surface area contributed by atoms with Gasteiger partial charge in [-0.25, -0.2) is 4.98 Å². The number of piperidine rings is 2. The third-order valence-corrected chi connectivity index (χ3v) is 7.61. The highest BCUT2D eigenvalue weighted by Crippen LogP contribution is 2.35. The van der Waals surface area contributed by atoms with E-state index in [0.29, 0.717) is 37.3 Å². The van der Waals surface area contributed by atoms with Crippen molar-refractivity contribution in [3.63, 3.8) is 0 Å². The molecule has 38 heavy (non-hydrogen) atoms. The van der Waals surface area contributed by atoms with Crippen LogP contribution >= 0.6 is 0 Å². The summed E-state index contributed by atoms with van der Waals surface area (Å²) < 4.78 is 46.1. The van der Waals surface area contributed by atoms with Crippen LogP contribution in [0, 0.1) is 5.92 Å². The number of hydrogen-bond donors (Lipinski definition) is 2. The number of nitrogens with zero attached hydrogens (tertiary/aromatic N) is 4. The second-order valence-electron chi connectivity index (χ2n) is 10.4. The van der Waals surface area contributed by atoms with Crippen molar-refractivity contribution < 1.29 is 27.2 Å². The van der Waals surface area contributed by atoms with E-state index in [-0.39, 0.29) is 17.6 Å². The van der Waals surface area contributed by atoms with Crippen LogP contribution in [-0.4, -0.2) is 54.0 Å². The second-order valence-corrected chi connectivity index (χ2v) is 10.4. The largest absolute Gasteiger partial charge is 0.437 e. The number of aromatic nitrogens is 2. The zero-order valence-corrected chi connectivity index (χ0v) is 21.2. The lowest BCUT2D eigenvalue weighted by Crippen LogP contribution is -2.41. The third kappa shape index (κ3) is 6.21. The lowest BCUT2D eigenvalue weighted by Gasteiger charge is -2.33. The summed E-state index contributed by atoms with van der Waals surface area (Å²) in [6.07, 6.45) is 4.89. The number of alkyl halides is 3. The topological polar surface area (TPSA) is 104 Å². The fourth-order valence-corrected chi connectivity index (χ4v) is 5.18.